The maximum atomic E-state index is 13.1. The summed E-state index contributed by atoms with van der Waals surface area (Å²) >= 11 is 0. The van der Waals surface area contributed by atoms with Crippen LogP contribution in [-0.4, -0.2) is 36.4 Å². The first-order valence-corrected chi connectivity index (χ1v) is 8.35. The van der Waals surface area contributed by atoms with Gasteiger partial charge in [-0.1, -0.05) is 29.8 Å². The van der Waals surface area contributed by atoms with E-state index in [0.29, 0.717) is 5.75 Å². The molecule has 0 saturated carbocycles. The molecule has 0 heterocycles. The number of rotatable bonds is 7. The second-order valence-corrected chi connectivity index (χ2v) is 6.04. The minimum Gasteiger partial charge on any atom is -0.484 e. The van der Waals surface area contributed by atoms with E-state index in [0.717, 1.165) is 11.1 Å². The molecular formula is C20H23FN2O3. The summed E-state index contributed by atoms with van der Waals surface area (Å²) in [5.41, 5.74) is 1.82. The Morgan fingerprint density at radius 2 is 1.73 bits per heavy atom. The average Bonchev–Trinajstić information content (AvgIpc) is 2.65. The predicted octanol–water partition coefficient (Wildman–Crippen LogP) is 2.68. The molecule has 0 aliphatic heterocycles. The van der Waals surface area contributed by atoms with Crippen LogP contribution in [0.1, 0.15) is 18.1 Å². The van der Waals surface area contributed by atoms with Gasteiger partial charge in [-0.3, -0.25) is 9.59 Å². The monoisotopic (exact) mass is 358 g/mol. The van der Waals surface area contributed by atoms with E-state index < -0.39 is 6.04 Å². The lowest BCUT2D eigenvalue weighted by molar-refractivity contribution is -0.142. The highest BCUT2D eigenvalue weighted by atomic mass is 19.1. The van der Waals surface area contributed by atoms with Crippen molar-refractivity contribution in [1.82, 2.24) is 10.2 Å². The summed E-state index contributed by atoms with van der Waals surface area (Å²) in [6.07, 6.45) is 0. The Kier molecular flexibility index (Phi) is 6.72. The lowest BCUT2D eigenvalue weighted by atomic mass is 10.1. The summed E-state index contributed by atoms with van der Waals surface area (Å²) in [5.74, 6) is -0.381. The van der Waals surface area contributed by atoms with Crippen molar-refractivity contribution in [2.75, 3.05) is 13.7 Å². The number of carbonyl (C=O) groups is 2. The number of carbonyl (C=O) groups excluding carboxylic acids is 2. The van der Waals surface area contributed by atoms with E-state index in [2.05, 4.69) is 5.32 Å². The quantitative estimate of drug-likeness (QED) is 0.828. The highest BCUT2D eigenvalue weighted by Gasteiger charge is 2.25. The Bertz CT molecular complexity index is 745. The molecule has 0 bridgehead atoms. The highest BCUT2D eigenvalue weighted by molar-refractivity contribution is 5.87. The summed E-state index contributed by atoms with van der Waals surface area (Å²) in [6, 6.07) is 12.5. The van der Waals surface area contributed by atoms with Crippen LogP contribution in [0.3, 0.4) is 0 Å². The van der Waals surface area contributed by atoms with Gasteiger partial charge in [0.05, 0.1) is 0 Å². The Morgan fingerprint density at radius 1 is 1.12 bits per heavy atom. The van der Waals surface area contributed by atoms with Gasteiger partial charge < -0.3 is 15.0 Å². The second-order valence-electron chi connectivity index (χ2n) is 6.04. The molecule has 2 rings (SSSR count). The Balaban J connectivity index is 2.10. The maximum absolute atomic E-state index is 13.1. The van der Waals surface area contributed by atoms with E-state index in [4.69, 9.17) is 4.74 Å². The van der Waals surface area contributed by atoms with Crippen LogP contribution in [-0.2, 0) is 16.1 Å². The first-order chi connectivity index (χ1) is 12.4. The lowest BCUT2D eigenvalue weighted by Gasteiger charge is -2.28. The molecule has 1 atom stereocenters. The minimum absolute atomic E-state index is 0.185. The smallest absolute Gasteiger partial charge is 0.261 e. The van der Waals surface area contributed by atoms with Gasteiger partial charge >= 0.3 is 0 Å². The third-order valence-electron chi connectivity index (χ3n) is 4.06. The van der Waals surface area contributed by atoms with Gasteiger partial charge in [-0.2, -0.15) is 0 Å². The molecule has 2 aromatic carbocycles. The van der Waals surface area contributed by atoms with E-state index in [1.54, 1.807) is 31.2 Å². The van der Waals surface area contributed by atoms with Crippen LogP contribution >= 0.6 is 0 Å². The summed E-state index contributed by atoms with van der Waals surface area (Å²) in [7, 11) is 1.52. The number of halogens is 1. The largest absolute Gasteiger partial charge is 0.484 e. The van der Waals surface area contributed by atoms with Gasteiger partial charge in [-0.25, -0.2) is 4.39 Å². The molecule has 138 valence electrons. The van der Waals surface area contributed by atoms with Crippen LogP contribution in [0.2, 0.25) is 0 Å². The van der Waals surface area contributed by atoms with Crippen molar-refractivity contribution in [3.63, 3.8) is 0 Å². The van der Waals surface area contributed by atoms with E-state index in [9.17, 15) is 14.0 Å². The molecule has 6 heteroatoms. The van der Waals surface area contributed by atoms with Crippen LogP contribution in [0.4, 0.5) is 4.39 Å². The van der Waals surface area contributed by atoms with Crippen molar-refractivity contribution in [3.05, 3.63) is 65.5 Å². The summed E-state index contributed by atoms with van der Waals surface area (Å²) in [4.78, 5) is 26.1. The van der Waals surface area contributed by atoms with Gasteiger partial charge in [0.1, 0.15) is 17.6 Å². The number of hydrogen-bond donors (Lipinski definition) is 1. The zero-order valence-electron chi connectivity index (χ0n) is 15.2. The number of aryl methyl sites for hydroxylation is 1. The molecule has 2 amide bonds. The SMILES string of the molecule is CNC(=O)[C@H](C)N(Cc1ccc(F)cc1)C(=O)COc1ccc(C)cc1. The zero-order valence-corrected chi connectivity index (χ0v) is 15.2. The number of hydrogen-bond acceptors (Lipinski definition) is 3. The van der Waals surface area contributed by atoms with Gasteiger partial charge in [0.25, 0.3) is 5.91 Å². The fourth-order valence-electron chi connectivity index (χ4n) is 2.44. The number of amides is 2. The molecule has 0 aliphatic rings. The molecule has 1 N–H and O–H groups in total. The van der Waals surface area contributed by atoms with Gasteiger partial charge in [-0.05, 0) is 43.7 Å². The van der Waals surface area contributed by atoms with Crippen LogP contribution in [0.15, 0.2) is 48.5 Å². The topological polar surface area (TPSA) is 58.6 Å². The van der Waals surface area contributed by atoms with Gasteiger partial charge in [0.2, 0.25) is 5.91 Å². The van der Waals surface area contributed by atoms with Crippen molar-refractivity contribution in [1.29, 1.82) is 0 Å². The van der Waals surface area contributed by atoms with Crippen molar-refractivity contribution in [2.45, 2.75) is 26.4 Å². The molecule has 0 radical (unpaired) electrons. The fourth-order valence-corrected chi connectivity index (χ4v) is 2.44. The minimum atomic E-state index is -0.681. The lowest BCUT2D eigenvalue weighted by Crippen LogP contribution is -2.48. The number of ether oxygens (including phenoxy) is 1. The molecule has 0 unspecified atom stereocenters. The van der Waals surface area contributed by atoms with E-state index >= 15 is 0 Å². The third kappa shape index (κ3) is 5.31. The van der Waals surface area contributed by atoms with Gasteiger partial charge in [0, 0.05) is 13.6 Å². The second kappa shape index (κ2) is 8.99. The highest BCUT2D eigenvalue weighted by Crippen LogP contribution is 2.14. The average molecular weight is 358 g/mol. The molecule has 26 heavy (non-hydrogen) atoms. The zero-order chi connectivity index (χ0) is 19.1. The summed E-state index contributed by atoms with van der Waals surface area (Å²) in [6.45, 7) is 3.60. The number of likely N-dealkylation sites (N-methyl/N-ethyl adjacent to an activating group) is 1. The van der Waals surface area contributed by atoms with Crippen molar-refractivity contribution in [3.8, 4) is 5.75 Å². The molecule has 0 spiro atoms. The molecule has 0 aromatic heterocycles. The molecular weight excluding hydrogens is 335 g/mol. The van der Waals surface area contributed by atoms with Gasteiger partial charge in [-0.15, -0.1) is 0 Å². The predicted molar refractivity (Wildman–Crippen MR) is 97.2 cm³/mol. The Morgan fingerprint density at radius 3 is 2.31 bits per heavy atom. The molecule has 0 saturated heterocycles. The third-order valence-corrected chi connectivity index (χ3v) is 4.06. The summed E-state index contributed by atoms with van der Waals surface area (Å²) in [5, 5.41) is 2.54. The Labute approximate surface area is 152 Å². The number of benzene rings is 2. The molecule has 0 aliphatic carbocycles. The number of nitrogens with zero attached hydrogens (tertiary/aromatic N) is 1. The standard InChI is InChI=1S/C20H23FN2O3/c1-14-4-10-18(11-5-14)26-13-19(24)23(15(2)20(25)22-3)12-16-6-8-17(21)9-7-16/h4-11,15H,12-13H2,1-3H3,(H,22,25)/t15-/m0/s1. The molecule has 5 nitrogen and oxygen atoms in total. The summed E-state index contributed by atoms with van der Waals surface area (Å²) < 4.78 is 18.6. The van der Waals surface area contributed by atoms with Gasteiger partial charge in [0.15, 0.2) is 6.61 Å². The number of nitrogens with one attached hydrogen (secondary N) is 1. The van der Waals surface area contributed by atoms with Crippen molar-refractivity contribution >= 4 is 11.8 Å². The Hall–Kier alpha value is -2.89. The fraction of sp³-hybridized carbons (Fsp3) is 0.300. The van der Waals surface area contributed by atoms with Crippen LogP contribution in [0.5, 0.6) is 5.75 Å². The van der Waals surface area contributed by atoms with Crippen LogP contribution in [0, 0.1) is 12.7 Å². The first-order valence-electron chi connectivity index (χ1n) is 8.35. The normalized spacial score (nSPS) is 11.5. The first kappa shape index (κ1) is 19.4. The van der Waals surface area contributed by atoms with Crippen LogP contribution < -0.4 is 10.1 Å². The molecule has 2 aromatic rings. The molecule has 0 fully saturated rings. The van der Waals surface area contributed by atoms with E-state index in [1.807, 2.05) is 19.1 Å². The van der Waals surface area contributed by atoms with Crippen molar-refractivity contribution < 1.29 is 18.7 Å². The van der Waals surface area contributed by atoms with E-state index in [1.165, 1.54) is 24.1 Å². The van der Waals surface area contributed by atoms with E-state index in [-0.39, 0.29) is 30.8 Å². The van der Waals surface area contributed by atoms with Crippen LogP contribution in [0.25, 0.3) is 0 Å². The maximum Gasteiger partial charge on any atom is 0.261 e. The van der Waals surface area contributed by atoms with Crippen molar-refractivity contribution in [2.24, 2.45) is 0 Å².